The molecule has 20 heavy (non-hydrogen) atoms. The highest BCUT2D eigenvalue weighted by Crippen LogP contribution is 2.30. The van der Waals surface area contributed by atoms with E-state index in [1.807, 2.05) is 31.6 Å². The molecule has 108 valence electrons. The van der Waals surface area contributed by atoms with Crippen LogP contribution in [-0.4, -0.2) is 22.9 Å². The molecule has 0 unspecified atom stereocenters. The molecule has 0 amide bonds. The molecule has 0 spiro atoms. The molecule has 2 aromatic rings. The summed E-state index contributed by atoms with van der Waals surface area (Å²) in [6.45, 7) is 5.33. The number of halogens is 1. The molecule has 5 heteroatoms. The number of nitrogens with zero attached hydrogens (tertiary/aromatic N) is 3. The van der Waals surface area contributed by atoms with Crippen molar-refractivity contribution in [1.29, 1.82) is 0 Å². The summed E-state index contributed by atoms with van der Waals surface area (Å²) in [6.07, 6.45) is 0.765. The molecule has 0 aliphatic heterocycles. The molecule has 1 heterocycles. The summed E-state index contributed by atoms with van der Waals surface area (Å²) in [5.74, 6) is 0.751. The van der Waals surface area contributed by atoms with E-state index in [0.29, 0.717) is 6.54 Å². The second-order valence-electron chi connectivity index (χ2n) is 4.77. The van der Waals surface area contributed by atoms with Crippen LogP contribution in [0.5, 0.6) is 0 Å². The van der Waals surface area contributed by atoms with Gasteiger partial charge >= 0.3 is 0 Å². The number of anilines is 2. The number of rotatable bonds is 5. The van der Waals surface area contributed by atoms with E-state index in [4.69, 9.17) is 5.73 Å². The maximum absolute atomic E-state index is 13.5. The van der Waals surface area contributed by atoms with Crippen LogP contribution in [0.1, 0.15) is 18.2 Å². The van der Waals surface area contributed by atoms with Gasteiger partial charge in [0.2, 0.25) is 0 Å². The lowest BCUT2D eigenvalue weighted by Crippen LogP contribution is -2.21. The van der Waals surface area contributed by atoms with E-state index in [0.717, 1.165) is 35.7 Å². The molecule has 0 aliphatic rings. The molecule has 0 radical (unpaired) electrons. The summed E-state index contributed by atoms with van der Waals surface area (Å²) >= 11 is 0. The van der Waals surface area contributed by atoms with E-state index < -0.39 is 0 Å². The van der Waals surface area contributed by atoms with Crippen molar-refractivity contribution >= 4 is 11.5 Å². The molecular formula is C15H21FN4. The van der Waals surface area contributed by atoms with Crippen molar-refractivity contribution in [3.8, 4) is 0 Å². The molecule has 0 atom stereocenters. The average Bonchev–Trinajstić information content (AvgIpc) is 2.67. The Kier molecular flexibility index (Phi) is 4.39. The fraction of sp³-hybridized carbons (Fsp3) is 0.400. The van der Waals surface area contributed by atoms with E-state index in [1.165, 1.54) is 12.1 Å². The molecule has 1 aromatic carbocycles. The van der Waals surface area contributed by atoms with E-state index in [9.17, 15) is 4.39 Å². The highest BCUT2D eigenvalue weighted by Gasteiger charge is 2.19. The lowest BCUT2D eigenvalue weighted by molar-refractivity contribution is 0.627. The Morgan fingerprint density at radius 2 is 2.15 bits per heavy atom. The predicted octanol–water partition coefficient (Wildman–Crippen LogP) is 2.53. The molecule has 0 aliphatic carbocycles. The third-order valence-electron chi connectivity index (χ3n) is 3.40. The van der Waals surface area contributed by atoms with Gasteiger partial charge in [0.25, 0.3) is 0 Å². The topological polar surface area (TPSA) is 47.1 Å². The highest BCUT2D eigenvalue weighted by atomic mass is 19.1. The van der Waals surface area contributed by atoms with Crippen molar-refractivity contribution in [2.45, 2.75) is 20.3 Å². The number of hydrogen-bond donors (Lipinski definition) is 1. The van der Waals surface area contributed by atoms with Gasteiger partial charge in [-0.1, -0.05) is 6.07 Å². The molecular weight excluding hydrogens is 255 g/mol. The van der Waals surface area contributed by atoms with Gasteiger partial charge < -0.3 is 10.6 Å². The number of aryl methyl sites for hydroxylation is 2. The first kappa shape index (κ1) is 14.5. The quantitative estimate of drug-likeness (QED) is 0.913. The Hall–Kier alpha value is -1.88. The molecule has 0 fully saturated rings. The zero-order chi connectivity index (χ0) is 14.7. The molecule has 0 saturated carbocycles. The van der Waals surface area contributed by atoms with Gasteiger partial charge in [-0.15, -0.1) is 0 Å². The molecule has 4 nitrogen and oxygen atoms in total. The second-order valence-corrected chi connectivity index (χ2v) is 4.77. The third kappa shape index (κ3) is 2.67. The lowest BCUT2D eigenvalue weighted by atomic mass is 10.1. The fourth-order valence-electron chi connectivity index (χ4n) is 2.56. The van der Waals surface area contributed by atoms with Gasteiger partial charge in [-0.25, -0.2) is 4.39 Å². The third-order valence-corrected chi connectivity index (χ3v) is 3.40. The van der Waals surface area contributed by atoms with Crippen LogP contribution in [0.3, 0.4) is 0 Å². The Morgan fingerprint density at radius 1 is 1.40 bits per heavy atom. The van der Waals surface area contributed by atoms with Gasteiger partial charge in [-0.3, -0.25) is 4.68 Å². The summed E-state index contributed by atoms with van der Waals surface area (Å²) in [7, 11) is 1.91. The minimum atomic E-state index is -0.236. The van der Waals surface area contributed by atoms with E-state index >= 15 is 0 Å². The summed E-state index contributed by atoms with van der Waals surface area (Å²) in [4.78, 5) is 2.06. The largest absolute Gasteiger partial charge is 0.330 e. The van der Waals surface area contributed by atoms with Crippen LogP contribution in [0.15, 0.2) is 24.3 Å². The highest BCUT2D eigenvalue weighted by molar-refractivity contribution is 5.64. The molecule has 2 N–H and O–H groups in total. The van der Waals surface area contributed by atoms with Crippen LogP contribution in [0.4, 0.5) is 15.9 Å². The molecule has 0 bridgehead atoms. The van der Waals surface area contributed by atoms with Crippen molar-refractivity contribution < 1.29 is 4.39 Å². The van der Waals surface area contributed by atoms with Crippen molar-refractivity contribution in [3.05, 3.63) is 41.3 Å². The minimum absolute atomic E-state index is 0.236. The summed E-state index contributed by atoms with van der Waals surface area (Å²) < 4.78 is 15.3. The normalized spacial score (nSPS) is 10.8. The number of benzene rings is 1. The van der Waals surface area contributed by atoms with E-state index in [-0.39, 0.29) is 5.82 Å². The van der Waals surface area contributed by atoms with E-state index in [1.54, 1.807) is 6.07 Å². The van der Waals surface area contributed by atoms with Gasteiger partial charge in [-0.05, 0) is 45.0 Å². The van der Waals surface area contributed by atoms with Crippen LogP contribution in [-0.2, 0) is 13.5 Å². The first-order chi connectivity index (χ1) is 9.58. The zero-order valence-electron chi connectivity index (χ0n) is 12.2. The molecule has 1 aromatic heterocycles. The Bertz CT molecular complexity index is 592. The van der Waals surface area contributed by atoms with Crippen molar-refractivity contribution in [1.82, 2.24) is 9.78 Å². The van der Waals surface area contributed by atoms with Crippen LogP contribution in [0, 0.1) is 12.7 Å². The Labute approximate surface area is 119 Å². The van der Waals surface area contributed by atoms with Crippen LogP contribution in [0.25, 0.3) is 0 Å². The fourth-order valence-corrected chi connectivity index (χ4v) is 2.56. The summed E-state index contributed by atoms with van der Waals surface area (Å²) in [6, 6.07) is 6.62. The van der Waals surface area contributed by atoms with Crippen molar-refractivity contribution in [3.63, 3.8) is 0 Å². The van der Waals surface area contributed by atoms with Crippen LogP contribution in [0.2, 0.25) is 0 Å². The summed E-state index contributed by atoms with van der Waals surface area (Å²) in [5, 5.41) is 4.47. The standard InChI is InChI=1S/C15H21FN4/c1-4-20(13-7-5-6-12(16)10-13)15-14(8-9-17)11(2)18-19(15)3/h5-7,10H,4,8-9,17H2,1-3H3. The molecule has 0 saturated heterocycles. The van der Waals surface area contributed by atoms with Crippen LogP contribution < -0.4 is 10.6 Å². The average molecular weight is 276 g/mol. The first-order valence-electron chi connectivity index (χ1n) is 6.84. The number of aromatic nitrogens is 2. The number of hydrogen-bond acceptors (Lipinski definition) is 3. The van der Waals surface area contributed by atoms with Gasteiger partial charge in [0.15, 0.2) is 0 Å². The van der Waals surface area contributed by atoms with Gasteiger partial charge in [-0.2, -0.15) is 5.10 Å². The zero-order valence-corrected chi connectivity index (χ0v) is 12.2. The van der Waals surface area contributed by atoms with Gasteiger partial charge in [0.1, 0.15) is 11.6 Å². The minimum Gasteiger partial charge on any atom is -0.330 e. The molecule has 2 rings (SSSR count). The Morgan fingerprint density at radius 3 is 2.75 bits per heavy atom. The summed E-state index contributed by atoms with van der Waals surface area (Å²) in [5.41, 5.74) is 8.62. The maximum atomic E-state index is 13.5. The van der Waals surface area contributed by atoms with Crippen molar-refractivity contribution in [2.24, 2.45) is 12.8 Å². The SMILES string of the molecule is CCN(c1cccc(F)c1)c1c(CCN)c(C)nn1C. The van der Waals surface area contributed by atoms with E-state index in [2.05, 4.69) is 10.00 Å². The number of nitrogens with two attached hydrogens (primary N) is 1. The van der Waals surface area contributed by atoms with Gasteiger partial charge in [0, 0.05) is 24.8 Å². The van der Waals surface area contributed by atoms with Crippen molar-refractivity contribution in [2.75, 3.05) is 18.0 Å². The van der Waals surface area contributed by atoms with Gasteiger partial charge in [0.05, 0.1) is 5.69 Å². The monoisotopic (exact) mass is 276 g/mol. The first-order valence-corrected chi connectivity index (χ1v) is 6.84. The lowest BCUT2D eigenvalue weighted by Gasteiger charge is -2.24. The predicted molar refractivity (Wildman–Crippen MR) is 79.8 cm³/mol. The van der Waals surface area contributed by atoms with Crippen LogP contribution >= 0.6 is 0 Å². The smallest absolute Gasteiger partial charge is 0.134 e. The maximum Gasteiger partial charge on any atom is 0.134 e. The Balaban J connectivity index is 2.52. The second kappa shape index (κ2) is 6.05.